The molecule has 4 rings (SSSR count). The van der Waals surface area contributed by atoms with E-state index in [-0.39, 0.29) is 18.2 Å². The molecule has 0 saturated heterocycles. The topological polar surface area (TPSA) is 102 Å². The highest BCUT2D eigenvalue weighted by Crippen LogP contribution is 2.16. The second-order valence-electron chi connectivity index (χ2n) is 7.93. The molecule has 0 bridgehead atoms. The van der Waals surface area contributed by atoms with Crippen LogP contribution >= 0.6 is 0 Å². The van der Waals surface area contributed by atoms with Crippen LogP contribution in [0.25, 0.3) is 5.65 Å². The fourth-order valence-corrected chi connectivity index (χ4v) is 4.35. The van der Waals surface area contributed by atoms with Crippen molar-refractivity contribution in [3.8, 4) is 5.75 Å². The smallest absolute Gasteiger partial charge is 0.251 e. The number of rotatable bonds is 9. The Labute approximate surface area is 198 Å². The van der Waals surface area contributed by atoms with Crippen LogP contribution < -0.4 is 14.8 Å². The molecule has 2 aromatic carbocycles. The van der Waals surface area contributed by atoms with Gasteiger partial charge in [-0.2, -0.15) is 0 Å². The number of ether oxygens (including phenoxy) is 1. The van der Waals surface area contributed by atoms with Gasteiger partial charge in [0.15, 0.2) is 0 Å². The molecular weight excluding hydrogens is 452 g/mol. The Bertz CT molecular complexity index is 1410. The summed E-state index contributed by atoms with van der Waals surface area (Å²) in [6.45, 7) is 2.57. The summed E-state index contributed by atoms with van der Waals surface area (Å²) in [4.78, 5) is 17.1. The standard InChI is InChI=1S/C25H26N4O4S/c1-18-7-12-24-28-22(15-29(24)14-18)16-33-23-10-8-19(9-11-23)25(30)27-13-20-5-3-4-6-21(20)17-34(31,32)26-2/h3-12,14-15,26H,13,16-17H2,1-2H3,(H,27,30). The lowest BCUT2D eigenvalue weighted by Gasteiger charge is -2.11. The summed E-state index contributed by atoms with van der Waals surface area (Å²) in [6, 6.07) is 18.0. The molecule has 0 aliphatic heterocycles. The van der Waals surface area contributed by atoms with E-state index in [1.165, 1.54) is 7.05 Å². The number of nitrogens with zero attached hydrogens (tertiary/aromatic N) is 2. The number of aromatic nitrogens is 2. The number of hydrogen-bond donors (Lipinski definition) is 2. The molecule has 8 nitrogen and oxygen atoms in total. The van der Waals surface area contributed by atoms with Gasteiger partial charge in [-0.15, -0.1) is 0 Å². The first-order valence-corrected chi connectivity index (χ1v) is 12.4. The summed E-state index contributed by atoms with van der Waals surface area (Å²) in [7, 11) is -2.03. The Kier molecular flexibility index (Phi) is 6.95. The number of benzene rings is 2. The number of aryl methyl sites for hydroxylation is 1. The summed E-state index contributed by atoms with van der Waals surface area (Å²) < 4.78 is 33.9. The van der Waals surface area contributed by atoms with Crippen LogP contribution in [-0.2, 0) is 28.9 Å². The monoisotopic (exact) mass is 478 g/mol. The molecule has 2 aromatic heterocycles. The van der Waals surface area contributed by atoms with E-state index in [0.717, 1.165) is 22.5 Å². The van der Waals surface area contributed by atoms with E-state index in [0.29, 0.717) is 23.5 Å². The molecule has 0 aliphatic rings. The zero-order chi connectivity index (χ0) is 24.1. The number of fused-ring (bicyclic) bond motifs is 1. The van der Waals surface area contributed by atoms with Gasteiger partial charge in [-0.25, -0.2) is 18.1 Å². The van der Waals surface area contributed by atoms with E-state index in [1.54, 1.807) is 42.5 Å². The highest BCUT2D eigenvalue weighted by Gasteiger charge is 2.13. The van der Waals surface area contributed by atoms with Crippen LogP contribution in [0.2, 0.25) is 0 Å². The Hall–Kier alpha value is -3.69. The van der Waals surface area contributed by atoms with Crippen molar-refractivity contribution >= 4 is 21.6 Å². The fraction of sp³-hybridized carbons (Fsp3) is 0.200. The second kappa shape index (κ2) is 10.1. The maximum Gasteiger partial charge on any atom is 0.251 e. The van der Waals surface area contributed by atoms with Gasteiger partial charge in [-0.3, -0.25) is 4.79 Å². The Morgan fingerprint density at radius 1 is 1.00 bits per heavy atom. The molecule has 2 N–H and O–H groups in total. The number of hydrogen-bond acceptors (Lipinski definition) is 5. The lowest BCUT2D eigenvalue weighted by molar-refractivity contribution is 0.0951. The average molecular weight is 479 g/mol. The molecular formula is C25H26N4O4S. The summed E-state index contributed by atoms with van der Waals surface area (Å²) in [6.07, 6.45) is 3.95. The highest BCUT2D eigenvalue weighted by molar-refractivity contribution is 7.88. The van der Waals surface area contributed by atoms with Gasteiger partial charge in [0, 0.05) is 24.5 Å². The zero-order valence-electron chi connectivity index (χ0n) is 19.0. The van der Waals surface area contributed by atoms with Crippen molar-refractivity contribution in [1.29, 1.82) is 0 Å². The van der Waals surface area contributed by atoms with Gasteiger partial charge in [0.25, 0.3) is 5.91 Å². The third kappa shape index (κ3) is 5.81. The van der Waals surface area contributed by atoms with E-state index in [2.05, 4.69) is 15.0 Å². The highest BCUT2D eigenvalue weighted by atomic mass is 32.2. The van der Waals surface area contributed by atoms with Crippen molar-refractivity contribution in [3.63, 3.8) is 0 Å². The number of nitrogens with one attached hydrogen (secondary N) is 2. The Morgan fingerprint density at radius 3 is 2.47 bits per heavy atom. The lowest BCUT2D eigenvalue weighted by atomic mass is 10.1. The van der Waals surface area contributed by atoms with Gasteiger partial charge in [0.05, 0.1) is 11.4 Å². The first-order valence-electron chi connectivity index (χ1n) is 10.8. The molecule has 1 amide bonds. The normalized spacial score (nSPS) is 11.5. The lowest BCUT2D eigenvalue weighted by Crippen LogP contribution is -2.25. The molecule has 0 atom stereocenters. The van der Waals surface area contributed by atoms with Crippen LogP contribution in [0.3, 0.4) is 0 Å². The molecule has 0 spiro atoms. The molecule has 0 fully saturated rings. The average Bonchev–Trinajstić information content (AvgIpc) is 3.24. The van der Waals surface area contributed by atoms with Crippen LogP contribution in [-0.4, -0.2) is 30.8 Å². The first kappa shape index (κ1) is 23.5. The van der Waals surface area contributed by atoms with Gasteiger partial charge < -0.3 is 14.5 Å². The maximum absolute atomic E-state index is 12.6. The van der Waals surface area contributed by atoms with Crippen molar-refractivity contribution in [1.82, 2.24) is 19.4 Å². The molecule has 2 heterocycles. The summed E-state index contributed by atoms with van der Waals surface area (Å²) in [5.41, 5.74) is 4.70. The number of sulfonamides is 1. The minimum atomic E-state index is -3.41. The van der Waals surface area contributed by atoms with Crippen molar-refractivity contribution in [2.24, 2.45) is 0 Å². The van der Waals surface area contributed by atoms with E-state index >= 15 is 0 Å². The van der Waals surface area contributed by atoms with Crippen LogP contribution in [0.5, 0.6) is 5.75 Å². The summed E-state index contributed by atoms with van der Waals surface area (Å²) >= 11 is 0. The SMILES string of the molecule is CNS(=O)(=O)Cc1ccccc1CNC(=O)c1ccc(OCc2cn3cc(C)ccc3n2)cc1. The molecule has 4 aromatic rings. The molecule has 0 radical (unpaired) electrons. The first-order chi connectivity index (χ1) is 16.3. The third-order valence-corrected chi connectivity index (χ3v) is 6.68. The number of pyridine rings is 1. The zero-order valence-corrected chi connectivity index (χ0v) is 19.8. The minimum absolute atomic E-state index is 0.145. The van der Waals surface area contributed by atoms with E-state index in [1.807, 2.05) is 41.9 Å². The van der Waals surface area contributed by atoms with Crippen molar-refractivity contribution in [3.05, 3.63) is 101 Å². The van der Waals surface area contributed by atoms with Crippen LogP contribution in [0.15, 0.2) is 73.1 Å². The van der Waals surface area contributed by atoms with Gasteiger partial charge in [0.1, 0.15) is 18.0 Å². The molecule has 176 valence electrons. The quantitative estimate of drug-likeness (QED) is 0.385. The number of imidazole rings is 1. The maximum atomic E-state index is 12.6. The molecule has 9 heteroatoms. The van der Waals surface area contributed by atoms with Gasteiger partial charge in [-0.05, 0) is 61.0 Å². The van der Waals surface area contributed by atoms with Crippen LogP contribution in [0, 0.1) is 6.92 Å². The van der Waals surface area contributed by atoms with E-state index in [4.69, 9.17) is 4.74 Å². The predicted molar refractivity (Wildman–Crippen MR) is 130 cm³/mol. The van der Waals surface area contributed by atoms with E-state index < -0.39 is 10.0 Å². The largest absolute Gasteiger partial charge is 0.487 e. The fourth-order valence-electron chi connectivity index (χ4n) is 3.51. The van der Waals surface area contributed by atoms with Crippen molar-refractivity contribution in [2.75, 3.05) is 7.05 Å². The van der Waals surface area contributed by atoms with Crippen molar-refractivity contribution < 1.29 is 17.9 Å². The number of carbonyl (C=O) groups is 1. The number of amides is 1. The molecule has 0 saturated carbocycles. The van der Waals surface area contributed by atoms with Gasteiger partial charge >= 0.3 is 0 Å². The summed E-state index contributed by atoms with van der Waals surface area (Å²) in [5.74, 6) is 0.231. The Balaban J connectivity index is 1.34. The van der Waals surface area contributed by atoms with Crippen molar-refractivity contribution in [2.45, 2.75) is 25.8 Å². The van der Waals surface area contributed by atoms with E-state index in [9.17, 15) is 13.2 Å². The van der Waals surface area contributed by atoms with Crippen LogP contribution in [0.4, 0.5) is 0 Å². The summed E-state index contributed by atoms with van der Waals surface area (Å²) in [5, 5.41) is 2.85. The molecule has 34 heavy (non-hydrogen) atoms. The van der Waals surface area contributed by atoms with Gasteiger partial charge in [0.2, 0.25) is 10.0 Å². The van der Waals surface area contributed by atoms with Gasteiger partial charge in [-0.1, -0.05) is 30.3 Å². The third-order valence-electron chi connectivity index (χ3n) is 5.37. The molecule has 0 aliphatic carbocycles. The Morgan fingerprint density at radius 2 is 1.74 bits per heavy atom. The molecule has 0 unspecified atom stereocenters. The minimum Gasteiger partial charge on any atom is -0.487 e. The predicted octanol–water partition coefficient (Wildman–Crippen LogP) is 3.20. The number of carbonyl (C=O) groups excluding carboxylic acids is 1. The van der Waals surface area contributed by atoms with Crippen LogP contribution in [0.1, 0.15) is 32.7 Å². The second-order valence-corrected chi connectivity index (χ2v) is 9.86.